The van der Waals surface area contributed by atoms with Crippen molar-refractivity contribution >= 4 is 34.5 Å². The summed E-state index contributed by atoms with van der Waals surface area (Å²) in [6.07, 6.45) is 0.0623. The molecule has 0 bridgehead atoms. The molecule has 8 nitrogen and oxygen atoms in total. The topological polar surface area (TPSA) is 104 Å². The Balaban J connectivity index is 1.73. The maximum atomic E-state index is 13.0. The second-order valence-electron chi connectivity index (χ2n) is 7.05. The zero-order valence-corrected chi connectivity index (χ0v) is 15.7. The molecule has 1 N–H and O–H groups in total. The van der Waals surface area contributed by atoms with Gasteiger partial charge < -0.3 is 14.7 Å². The van der Waals surface area contributed by atoms with Gasteiger partial charge in [0.1, 0.15) is 0 Å². The van der Waals surface area contributed by atoms with E-state index in [0.29, 0.717) is 53.8 Å². The highest BCUT2D eigenvalue weighted by atomic mass is 16.5. The number of morpholine rings is 1. The van der Waals surface area contributed by atoms with Crippen LogP contribution in [0, 0.1) is 0 Å². The fraction of sp³-hybridized carbons (Fsp3) is 0.333. The number of amides is 3. The number of carboxylic acids is 1. The van der Waals surface area contributed by atoms with Crippen molar-refractivity contribution in [2.45, 2.75) is 12.8 Å². The smallest absolute Gasteiger partial charge is 0.303 e. The number of ether oxygens (including phenoxy) is 1. The summed E-state index contributed by atoms with van der Waals surface area (Å²) in [5.74, 6) is -2.06. The quantitative estimate of drug-likeness (QED) is 0.773. The van der Waals surface area contributed by atoms with Gasteiger partial charge in [0.25, 0.3) is 17.7 Å². The Labute approximate surface area is 166 Å². The van der Waals surface area contributed by atoms with Crippen molar-refractivity contribution in [3.8, 4) is 0 Å². The van der Waals surface area contributed by atoms with Gasteiger partial charge in [-0.05, 0) is 30.0 Å². The summed E-state index contributed by atoms with van der Waals surface area (Å²) in [6.45, 7) is 1.99. The van der Waals surface area contributed by atoms with Crippen LogP contribution in [0.1, 0.15) is 43.9 Å². The van der Waals surface area contributed by atoms with E-state index in [1.807, 2.05) is 0 Å². The number of nitrogens with zero attached hydrogens (tertiary/aromatic N) is 2. The molecule has 2 aliphatic heterocycles. The molecule has 2 aromatic rings. The molecular formula is C21H20N2O6. The van der Waals surface area contributed by atoms with Crippen LogP contribution in [-0.2, 0) is 9.53 Å². The maximum absolute atomic E-state index is 13.0. The summed E-state index contributed by atoms with van der Waals surface area (Å²) in [5.41, 5.74) is 1.15. The van der Waals surface area contributed by atoms with Crippen LogP contribution >= 0.6 is 0 Å². The predicted octanol–water partition coefficient (Wildman–Crippen LogP) is 1.77. The summed E-state index contributed by atoms with van der Waals surface area (Å²) in [5, 5.41) is 9.87. The van der Waals surface area contributed by atoms with Gasteiger partial charge in [-0.3, -0.25) is 24.1 Å². The highest BCUT2D eigenvalue weighted by molar-refractivity contribution is 6.27. The molecule has 0 aromatic heterocycles. The Morgan fingerprint density at radius 3 is 2.38 bits per heavy atom. The molecule has 0 spiro atoms. The van der Waals surface area contributed by atoms with E-state index in [4.69, 9.17) is 9.84 Å². The maximum Gasteiger partial charge on any atom is 0.303 e. The molecule has 0 atom stereocenters. The minimum absolute atomic E-state index is 0.0360. The zero-order valence-electron chi connectivity index (χ0n) is 15.7. The van der Waals surface area contributed by atoms with E-state index in [9.17, 15) is 19.2 Å². The number of aliphatic carboxylic acids is 1. The van der Waals surface area contributed by atoms with Gasteiger partial charge in [-0.15, -0.1) is 0 Å². The average molecular weight is 396 g/mol. The van der Waals surface area contributed by atoms with Crippen LogP contribution in [0.3, 0.4) is 0 Å². The van der Waals surface area contributed by atoms with Gasteiger partial charge >= 0.3 is 5.97 Å². The molecular weight excluding hydrogens is 376 g/mol. The third-order valence-corrected chi connectivity index (χ3v) is 5.29. The van der Waals surface area contributed by atoms with Crippen molar-refractivity contribution in [1.82, 2.24) is 9.80 Å². The van der Waals surface area contributed by atoms with E-state index in [1.54, 1.807) is 35.2 Å². The second-order valence-corrected chi connectivity index (χ2v) is 7.05. The fourth-order valence-electron chi connectivity index (χ4n) is 3.86. The molecule has 3 amide bonds. The van der Waals surface area contributed by atoms with Gasteiger partial charge in [0.05, 0.1) is 13.2 Å². The molecule has 0 radical (unpaired) electrons. The number of carbonyl (C=O) groups is 4. The number of imide groups is 1. The van der Waals surface area contributed by atoms with Crippen LogP contribution < -0.4 is 0 Å². The Morgan fingerprint density at radius 1 is 1.00 bits per heavy atom. The molecule has 0 saturated carbocycles. The molecule has 4 rings (SSSR count). The normalized spacial score (nSPS) is 16.4. The Kier molecular flexibility index (Phi) is 5.02. The number of hydrogen-bond donors (Lipinski definition) is 1. The highest BCUT2D eigenvalue weighted by Gasteiger charge is 2.34. The molecule has 0 unspecified atom stereocenters. The van der Waals surface area contributed by atoms with E-state index in [1.165, 1.54) is 0 Å². The summed E-state index contributed by atoms with van der Waals surface area (Å²) in [4.78, 5) is 52.4. The lowest BCUT2D eigenvalue weighted by Gasteiger charge is -2.29. The van der Waals surface area contributed by atoms with Gasteiger partial charge in [-0.25, -0.2) is 0 Å². The first-order chi connectivity index (χ1) is 14.0. The second kappa shape index (κ2) is 7.63. The summed E-state index contributed by atoms with van der Waals surface area (Å²) in [7, 11) is 0. The standard InChI is InChI=1S/C21H20N2O6/c24-17(25)5-2-8-23-20(27)15-4-1-3-13-14(6-7-16(18(13)15)21(23)28)19(26)22-9-11-29-12-10-22/h1,3-4,6-7H,2,5,8-12H2,(H,24,25). The molecule has 2 heterocycles. The van der Waals surface area contributed by atoms with Crippen LogP contribution in [-0.4, -0.2) is 71.4 Å². The molecule has 29 heavy (non-hydrogen) atoms. The van der Waals surface area contributed by atoms with Crippen molar-refractivity contribution in [1.29, 1.82) is 0 Å². The monoisotopic (exact) mass is 396 g/mol. The van der Waals surface area contributed by atoms with Gasteiger partial charge in [0.15, 0.2) is 0 Å². The lowest BCUT2D eigenvalue weighted by atomic mass is 9.90. The van der Waals surface area contributed by atoms with Crippen LogP contribution in [0.2, 0.25) is 0 Å². The third kappa shape index (κ3) is 3.36. The van der Waals surface area contributed by atoms with Crippen LogP contribution in [0.4, 0.5) is 0 Å². The predicted molar refractivity (Wildman–Crippen MR) is 103 cm³/mol. The summed E-state index contributed by atoms with van der Waals surface area (Å²) < 4.78 is 5.30. The molecule has 1 fully saturated rings. The first-order valence-corrected chi connectivity index (χ1v) is 9.50. The van der Waals surface area contributed by atoms with Crippen LogP contribution in [0.25, 0.3) is 10.8 Å². The number of carboxylic acid groups (broad SMARTS) is 1. The van der Waals surface area contributed by atoms with Gasteiger partial charge in [-0.2, -0.15) is 0 Å². The summed E-state index contributed by atoms with van der Waals surface area (Å²) in [6, 6.07) is 8.28. The number of hydrogen-bond acceptors (Lipinski definition) is 5. The van der Waals surface area contributed by atoms with Crippen molar-refractivity contribution < 1.29 is 29.0 Å². The number of carbonyl (C=O) groups excluding carboxylic acids is 3. The molecule has 2 aromatic carbocycles. The molecule has 1 saturated heterocycles. The zero-order chi connectivity index (χ0) is 20.5. The lowest BCUT2D eigenvalue weighted by Crippen LogP contribution is -2.42. The Hall–Kier alpha value is -3.26. The Morgan fingerprint density at radius 2 is 1.69 bits per heavy atom. The Bertz CT molecular complexity index is 1000. The number of benzene rings is 2. The van der Waals surface area contributed by atoms with Gasteiger partial charge in [-0.1, -0.05) is 12.1 Å². The van der Waals surface area contributed by atoms with Crippen molar-refractivity contribution in [2.75, 3.05) is 32.8 Å². The highest BCUT2D eigenvalue weighted by Crippen LogP contribution is 2.33. The number of rotatable bonds is 5. The molecule has 8 heteroatoms. The first-order valence-electron chi connectivity index (χ1n) is 9.50. The lowest BCUT2D eigenvalue weighted by molar-refractivity contribution is -0.137. The van der Waals surface area contributed by atoms with Gasteiger partial charge in [0.2, 0.25) is 0 Å². The third-order valence-electron chi connectivity index (χ3n) is 5.29. The van der Waals surface area contributed by atoms with E-state index in [2.05, 4.69) is 0 Å². The van der Waals surface area contributed by atoms with E-state index in [0.717, 1.165) is 4.90 Å². The molecule has 0 aliphatic carbocycles. The SMILES string of the molecule is O=C(O)CCCN1C(=O)c2cccc3c(C(=O)N4CCOCC4)ccc(c23)C1=O. The fourth-order valence-corrected chi connectivity index (χ4v) is 3.86. The minimum Gasteiger partial charge on any atom is -0.481 e. The van der Waals surface area contributed by atoms with E-state index < -0.39 is 17.8 Å². The molecule has 150 valence electrons. The van der Waals surface area contributed by atoms with Crippen LogP contribution in [0.15, 0.2) is 30.3 Å². The average Bonchev–Trinajstić information content (AvgIpc) is 2.74. The van der Waals surface area contributed by atoms with Gasteiger partial charge in [0, 0.05) is 48.1 Å². The van der Waals surface area contributed by atoms with Crippen LogP contribution in [0.5, 0.6) is 0 Å². The summed E-state index contributed by atoms with van der Waals surface area (Å²) >= 11 is 0. The first kappa shape index (κ1) is 19.1. The minimum atomic E-state index is -0.976. The van der Waals surface area contributed by atoms with Crippen molar-refractivity contribution in [3.63, 3.8) is 0 Å². The largest absolute Gasteiger partial charge is 0.481 e. The molecule has 2 aliphatic rings. The van der Waals surface area contributed by atoms with E-state index in [-0.39, 0.29) is 25.3 Å². The van der Waals surface area contributed by atoms with Crippen molar-refractivity contribution in [3.05, 3.63) is 47.0 Å². The van der Waals surface area contributed by atoms with Crippen molar-refractivity contribution in [2.24, 2.45) is 0 Å². The van der Waals surface area contributed by atoms with E-state index >= 15 is 0 Å².